The average Bonchev–Trinajstić information content (AvgIpc) is 3.26. The molecule has 0 aliphatic carbocycles. The molecular weight excluding hydrogens is 472 g/mol. The van der Waals surface area contributed by atoms with E-state index in [1.54, 1.807) is 42.3 Å². The first-order chi connectivity index (χ1) is 16.9. The van der Waals surface area contributed by atoms with Crippen LogP contribution in [0.3, 0.4) is 0 Å². The summed E-state index contributed by atoms with van der Waals surface area (Å²) >= 11 is 5.95. The quantitative estimate of drug-likeness (QED) is 0.531. The van der Waals surface area contributed by atoms with Crippen LogP contribution in [-0.4, -0.2) is 68.2 Å². The van der Waals surface area contributed by atoms with Crippen LogP contribution in [0.2, 0.25) is 5.02 Å². The van der Waals surface area contributed by atoms with E-state index in [4.69, 9.17) is 16.3 Å². The Balaban J connectivity index is 1.47. The second-order valence-corrected chi connectivity index (χ2v) is 8.68. The number of halogens is 1. The molecule has 0 spiro atoms. The fraction of sp³-hybridized carbons (Fsp3) is 0.417. The van der Waals surface area contributed by atoms with Gasteiger partial charge in [-0.25, -0.2) is 23.8 Å². The molecule has 1 aromatic carbocycles. The third-order valence-corrected chi connectivity index (χ3v) is 6.39. The summed E-state index contributed by atoms with van der Waals surface area (Å²) in [5.74, 6) is 0.766. The lowest BCUT2D eigenvalue weighted by molar-refractivity contribution is 0.101. The van der Waals surface area contributed by atoms with Crippen LogP contribution in [-0.2, 0) is 4.74 Å². The van der Waals surface area contributed by atoms with Crippen molar-refractivity contribution in [2.75, 3.05) is 37.7 Å². The van der Waals surface area contributed by atoms with Gasteiger partial charge >= 0.3 is 11.8 Å². The summed E-state index contributed by atoms with van der Waals surface area (Å²) in [6.45, 7) is 6.45. The van der Waals surface area contributed by atoms with Crippen LogP contribution in [0.15, 0.2) is 53.7 Å². The van der Waals surface area contributed by atoms with E-state index in [-0.39, 0.29) is 11.8 Å². The Bertz CT molecular complexity index is 1190. The standard InChI is InChI=1S/C24H29ClN6O4/c1-3-20(22(32)17-5-7-18(25)8-6-17)31-23(33)30(16-27-31)19-9-10-21(26-15-19)28-11-13-29(14-12-28)24(34)35-4-2/h5-10,15-16,20,22,32H,3-4,11-14H2,1-2H3/t20-,22-/m1/s1. The fourth-order valence-electron chi connectivity index (χ4n) is 4.17. The molecule has 0 saturated carbocycles. The van der Waals surface area contributed by atoms with Gasteiger partial charge in [-0.2, -0.15) is 5.10 Å². The number of aromatic nitrogens is 4. The van der Waals surface area contributed by atoms with Crippen molar-refractivity contribution in [2.24, 2.45) is 0 Å². The maximum absolute atomic E-state index is 13.1. The van der Waals surface area contributed by atoms with Gasteiger partial charge in [-0.1, -0.05) is 30.7 Å². The van der Waals surface area contributed by atoms with Crippen LogP contribution < -0.4 is 10.6 Å². The number of amides is 1. The largest absolute Gasteiger partial charge is 0.450 e. The van der Waals surface area contributed by atoms with E-state index in [1.807, 2.05) is 19.1 Å². The number of ether oxygens (including phenoxy) is 1. The Labute approximate surface area is 208 Å². The molecule has 10 nitrogen and oxygen atoms in total. The molecule has 1 fully saturated rings. The van der Waals surface area contributed by atoms with Gasteiger partial charge in [0.1, 0.15) is 18.2 Å². The van der Waals surface area contributed by atoms with Crippen LogP contribution >= 0.6 is 11.6 Å². The lowest BCUT2D eigenvalue weighted by atomic mass is 10.0. The highest BCUT2D eigenvalue weighted by Crippen LogP contribution is 2.28. The number of aliphatic hydroxyl groups is 1. The minimum absolute atomic E-state index is 0.293. The Morgan fingerprint density at radius 2 is 1.83 bits per heavy atom. The molecule has 3 aromatic rings. The van der Waals surface area contributed by atoms with E-state index in [0.29, 0.717) is 55.5 Å². The number of piperazine rings is 1. The SMILES string of the molecule is CCOC(=O)N1CCN(c2ccc(-n3cnn([C@H](CC)[C@H](O)c4ccc(Cl)cc4)c3=O)cn2)CC1. The molecule has 0 bridgehead atoms. The van der Waals surface area contributed by atoms with Crippen molar-refractivity contribution in [3.05, 3.63) is 70.0 Å². The molecule has 1 N–H and O–H groups in total. The monoisotopic (exact) mass is 500 g/mol. The predicted octanol–water partition coefficient (Wildman–Crippen LogP) is 3.05. The number of rotatable bonds is 7. The molecule has 1 saturated heterocycles. The van der Waals surface area contributed by atoms with Crippen molar-refractivity contribution in [3.63, 3.8) is 0 Å². The van der Waals surface area contributed by atoms with Gasteiger partial charge in [-0.05, 0) is 43.2 Å². The van der Waals surface area contributed by atoms with Gasteiger partial charge in [0.25, 0.3) is 0 Å². The third-order valence-electron chi connectivity index (χ3n) is 6.14. The Morgan fingerprint density at radius 3 is 2.43 bits per heavy atom. The summed E-state index contributed by atoms with van der Waals surface area (Å²) < 4.78 is 7.78. The smallest absolute Gasteiger partial charge is 0.409 e. The van der Waals surface area contributed by atoms with Crippen LogP contribution in [0.1, 0.15) is 38.0 Å². The molecule has 2 atom stereocenters. The van der Waals surface area contributed by atoms with E-state index < -0.39 is 12.1 Å². The number of carbonyl (C=O) groups excluding carboxylic acids is 1. The molecule has 11 heteroatoms. The summed E-state index contributed by atoms with van der Waals surface area (Å²) in [6, 6.07) is 10.0. The number of hydrogen-bond acceptors (Lipinski definition) is 7. The normalized spacial score (nSPS) is 15.7. The number of anilines is 1. The molecule has 4 rings (SSSR count). The van der Waals surface area contributed by atoms with Crippen molar-refractivity contribution in [2.45, 2.75) is 32.4 Å². The number of nitrogens with zero attached hydrogens (tertiary/aromatic N) is 6. The Morgan fingerprint density at radius 1 is 1.11 bits per heavy atom. The van der Waals surface area contributed by atoms with Gasteiger partial charge < -0.3 is 19.6 Å². The Kier molecular flexibility index (Phi) is 7.72. The van der Waals surface area contributed by atoms with Gasteiger partial charge in [-0.15, -0.1) is 0 Å². The fourth-order valence-corrected chi connectivity index (χ4v) is 4.30. The summed E-state index contributed by atoms with van der Waals surface area (Å²) in [5, 5.41) is 15.7. The zero-order valence-corrected chi connectivity index (χ0v) is 20.5. The summed E-state index contributed by atoms with van der Waals surface area (Å²) in [4.78, 5) is 33.3. The van der Waals surface area contributed by atoms with Crippen molar-refractivity contribution < 1.29 is 14.6 Å². The first-order valence-electron chi connectivity index (χ1n) is 11.7. The second kappa shape index (κ2) is 10.9. The highest BCUT2D eigenvalue weighted by molar-refractivity contribution is 6.30. The van der Waals surface area contributed by atoms with E-state index in [0.717, 1.165) is 5.82 Å². The highest BCUT2D eigenvalue weighted by Gasteiger charge is 2.26. The lowest BCUT2D eigenvalue weighted by Gasteiger charge is -2.34. The van der Waals surface area contributed by atoms with Crippen molar-refractivity contribution >= 4 is 23.5 Å². The zero-order chi connectivity index (χ0) is 24.9. The molecule has 1 aliphatic heterocycles. The maximum Gasteiger partial charge on any atom is 0.409 e. The van der Waals surface area contributed by atoms with E-state index in [1.165, 1.54) is 15.6 Å². The molecule has 0 unspecified atom stereocenters. The zero-order valence-electron chi connectivity index (χ0n) is 19.7. The van der Waals surface area contributed by atoms with Gasteiger partial charge in [0.15, 0.2) is 0 Å². The van der Waals surface area contributed by atoms with Crippen LogP contribution in [0.4, 0.5) is 10.6 Å². The maximum atomic E-state index is 13.1. The molecule has 3 heterocycles. The minimum Gasteiger partial charge on any atom is -0.450 e. The number of aliphatic hydroxyl groups excluding tert-OH is 1. The topological polar surface area (TPSA) is 106 Å². The summed E-state index contributed by atoms with van der Waals surface area (Å²) in [5.41, 5.74) is 0.880. The van der Waals surface area contributed by atoms with Gasteiger partial charge in [0.05, 0.1) is 24.5 Å². The van der Waals surface area contributed by atoms with Crippen molar-refractivity contribution in [1.29, 1.82) is 0 Å². The van der Waals surface area contributed by atoms with Crippen LogP contribution in [0, 0.1) is 0 Å². The number of hydrogen-bond donors (Lipinski definition) is 1. The highest BCUT2D eigenvalue weighted by atomic mass is 35.5. The number of carbonyl (C=O) groups is 1. The molecule has 0 radical (unpaired) electrons. The van der Waals surface area contributed by atoms with Crippen LogP contribution in [0.25, 0.3) is 5.69 Å². The van der Waals surface area contributed by atoms with Gasteiger partial charge in [0, 0.05) is 31.2 Å². The van der Waals surface area contributed by atoms with Crippen molar-refractivity contribution in [1.82, 2.24) is 24.2 Å². The van der Waals surface area contributed by atoms with Crippen molar-refractivity contribution in [3.8, 4) is 5.69 Å². The predicted molar refractivity (Wildman–Crippen MR) is 132 cm³/mol. The van der Waals surface area contributed by atoms with E-state index >= 15 is 0 Å². The first-order valence-corrected chi connectivity index (χ1v) is 12.0. The molecule has 186 valence electrons. The summed E-state index contributed by atoms with van der Waals surface area (Å²) in [7, 11) is 0. The van der Waals surface area contributed by atoms with Gasteiger partial charge in [0.2, 0.25) is 0 Å². The summed E-state index contributed by atoms with van der Waals surface area (Å²) in [6.07, 6.45) is 2.37. The van der Waals surface area contributed by atoms with E-state index in [9.17, 15) is 14.7 Å². The molecule has 2 aromatic heterocycles. The minimum atomic E-state index is -0.910. The number of benzene rings is 1. The second-order valence-electron chi connectivity index (χ2n) is 8.25. The Hall–Kier alpha value is -3.37. The molecule has 1 amide bonds. The third kappa shape index (κ3) is 5.33. The van der Waals surface area contributed by atoms with Gasteiger partial charge in [-0.3, -0.25) is 0 Å². The lowest BCUT2D eigenvalue weighted by Crippen LogP contribution is -2.49. The number of pyridine rings is 1. The average molecular weight is 501 g/mol. The van der Waals surface area contributed by atoms with E-state index in [2.05, 4.69) is 15.0 Å². The molecule has 35 heavy (non-hydrogen) atoms. The molecular formula is C24H29ClN6O4. The first kappa shape index (κ1) is 24.7. The van der Waals surface area contributed by atoms with Crippen LogP contribution in [0.5, 0.6) is 0 Å². The molecule has 1 aliphatic rings.